The first kappa shape index (κ1) is 15.8. The highest BCUT2D eigenvalue weighted by Gasteiger charge is 2.45. The lowest BCUT2D eigenvalue weighted by atomic mass is 10.1. The van der Waals surface area contributed by atoms with Gasteiger partial charge >= 0.3 is 5.69 Å². The summed E-state index contributed by atoms with van der Waals surface area (Å²) in [4.78, 5) is 24.4. The molecule has 0 spiro atoms. The normalized spacial score (nSPS) is 29.7. The molecule has 0 amide bonds. The number of ether oxygens (including phenoxy) is 1. The van der Waals surface area contributed by atoms with Crippen molar-refractivity contribution in [1.82, 2.24) is 14.8 Å². The van der Waals surface area contributed by atoms with Gasteiger partial charge in [-0.1, -0.05) is 0 Å². The van der Waals surface area contributed by atoms with Crippen LogP contribution in [0.3, 0.4) is 0 Å². The van der Waals surface area contributed by atoms with Crippen LogP contribution < -0.4 is 11.2 Å². The van der Waals surface area contributed by atoms with Crippen LogP contribution in [-0.2, 0) is 19.0 Å². The van der Waals surface area contributed by atoms with Gasteiger partial charge in [-0.2, -0.15) is 18.2 Å². The van der Waals surface area contributed by atoms with Gasteiger partial charge in [0.1, 0.15) is 24.5 Å². The van der Waals surface area contributed by atoms with Crippen molar-refractivity contribution in [1.29, 1.82) is 0 Å². The maximum absolute atomic E-state index is 11.5. The van der Waals surface area contributed by atoms with Gasteiger partial charge in [0.15, 0.2) is 6.23 Å². The van der Waals surface area contributed by atoms with Crippen LogP contribution in [0, 0.1) is 0 Å². The molecule has 0 unspecified atom stereocenters. The minimum absolute atomic E-state index is 0.536. The van der Waals surface area contributed by atoms with Crippen molar-refractivity contribution in [3.05, 3.63) is 27.0 Å². The van der Waals surface area contributed by atoms with Crippen molar-refractivity contribution < 1.29 is 27.6 Å². The first-order chi connectivity index (χ1) is 9.69. The Balaban J connectivity index is 2.19. The highest BCUT2D eigenvalue weighted by molar-refractivity contribution is 7.85. The van der Waals surface area contributed by atoms with E-state index in [0.29, 0.717) is 4.68 Å². The Kier molecular flexibility index (Phi) is 4.25. The van der Waals surface area contributed by atoms with Crippen molar-refractivity contribution in [3.8, 4) is 0 Å². The lowest BCUT2D eigenvalue weighted by molar-refractivity contribution is -0.0580. The van der Waals surface area contributed by atoms with Crippen LogP contribution in [0.4, 0.5) is 0 Å². The molecule has 1 aliphatic rings. The molecule has 1 aromatic rings. The molecule has 0 bridgehead atoms. The third kappa shape index (κ3) is 3.54. The molecule has 21 heavy (non-hydrogen) atoms. The fourth-order valence-electron chi connectivity index (χ4n) is 1.80. The second-order valence-electron chi connectivity index (χ2n) is 4.42. The van der Waals surface area contributed by atoms with Crippen LogP contribution in [0.25, 0.3) is 0 Å². The van der Waals surface area contributed by atoms with E-state index >= 15 is 0 Å². The standard InChI is InChI=1S/C9H13N3O8S/c1-21(17,18)19-3-4-6(14)7(15)8(20-4)12-9(16)11-5(13)2-10-12/h2,4,6-8,14-15H,3H2,1H3,(H,11,13,16)/t4-,6-,7-,8+/m0/s1. The lowest BCUT2D eigenvalue weighted by Gasteiger charge is -2.14. The van der Waals surface area contributed by atoms with Crippen molar-refractivity contribution in [2.24, 2.45) is 0 Å². The SMILES string of the molecule is CS(=O)(=O)OC[C@@H]1O[C@@H](n2ncc(=O)[nH]c2=O)[C@@H](O)[C@H]1O. The average Bonchev–Trinajstić information content (AvgIpc) is 2.64. The van der Waals surface area contributed by atoms with E-state index in [1.807, 2.05) is 4.98 Å². The number of H-pyrrole nitrogens is 1. The van der Waals surface area contributed by atoms with Gasteiger partial charge < -0.3 is 14.9 Å². The minimum atomic E-state index is -3.75. The minimum Gasteiger partial charge on any atom is -0.387 e. The quantitative estimate of drug-likeness (QED) is 0.478. The third-order valence-electron chi connectivity index (χ3n) is 2.76. The molecule has 0 aliphatic carbocycles. The number of rotatable bonds is 4. The van der Waals surface area contributed by atoms with Gasteiger partial charge in [0.2, 0.25) is 0 Å². The molecule has 1 saturated heterocycles. The summed E-state index contributed by atoms with van der Waals surface area (Å²) < 4.78 is 32.1. The smallest absolute Gasteiger partial charge is 0.347 e. The van der Waals surface area contributed by atoms with Crippen LogP contribution in [-0.4, -0.2) is 64.6 Å². The Labute approximate surface area is 117 Å². The van der Waals surface area contributed by atoms with E-state index in [0.717, 1.165) is 12.5 Å². The van der Waals surface area contributed by atoms with Gasteiger partial charge in [0, 0.05) is 0 Å². The Morgan fingerprint density at radius 2 is 2.10 bits per heavy atom. The van der Waals surface area contributed by atoms with Gasteiger partial charge in [-0.25, -0.2) is 4.79 Å². The number of nitrogens with zero attached hydrogens (tertiary/aromatic N) is 2. The van der Waals surface area contributed by atoms with Gasteiger partial charge in [-0.05, 0) is 0 Å². The predicted octanol–water partition coefficient (Wildman–Crippen LogP) is -3.47. The molecule has 2 heterocycles. The van der Waals surface area contributed by atoms with Crippen molar-refractivity contribution in [2.75, 3.05) is 12.9 Å². The molecule has 4 atom stereocenters. The van der Waals surface area contributed by atoms with E-state index in [-0.39, 0.29) is 0 Å². The topological polar surface area (TPSA) is 161 Å². The summed E-state index contributed by atoms with van der Waals surface area (Å²) in [6.45, 7) is -0.536. The number of aliphatic hydroxyl groups excluding tert-OH is 2. The summed E-state index contributed by atoms with van der Waals surface area (Å²) in [6.07, 6.45) is -3.98. The zero-order valence-electron chi connectivity index (χ0n) is 10.7. The van der Waals surface area contributed by atoms with E-state index in [2.05, 4.69) is 9.28 Å². The van der Waals surface area contributed by atoms with Gasteiger partial charge in [-0.15, -0.1) is 0 Å². The molecule has 0 aromatic carbocycles. The molecule has 11 nitrogen and oxygen atoms in total. The van der Waals surface area contributed by atoms with Crippen molar-refractivity contribution >= 4 is 10.1 Å². The first-order valence-corrected chi connectivity index (χ1v) is 7.55. The van der Waals surface area contributed by atoms with Crippen LogP contribution in [0.2, 0.25) is 0 Å². The number of aromatic nitrogens is 3. The monoisotopic (exact) mass is 323 g/mol. The zero-order valence-corrected chi connectivity index (χ0v) is 11.6. The number of hydrogen-bond donors (Lipinski definition) is 3. The number of aliphatic hydroxyl groups is 2. The molecule has 1 aliphatic heterocycles. The van der Waals surface area contributed by atoms with E-state index in [1.54, 1.807) is 0 Å². The molecule has 2 rings (SSSR count). The van der Waals surface area contributed by atoms with Crippen molar-refractivity contribution in [2.45, 2.75) is 24.5 Å². The molecule has 118 valence electrons. The Hall–Kier alpha value is -1.60. The van der Waals surface area contributed by atoms with E-state index in [4.69, 9.17) is 4.74 Å². The zero-order chi connectivity index (χ0) is 15.8. The van der Waals surface area contributed by atoms with E-state index in [1.165, 1.54) is 0 Å². The van der Waals surface area contributed by atoms with Gasteiger partial charge in [0.05, 0.1) is 12.9 Å². The molecule has 1 fully saturated rings. The summed E-state index contributed by atoms with van der Waals surface area (Å²) >= 11 is 0. The highest BCUT2D eigenvalue weighted by Crippen LogP contribution is 2.27. The summed E-state index contributed by atoms with van der Waals surface area (Å²) in [5.74, 6) is 0. The summed E-state index contributed by atoms with van der Waals surface area (Å²) in [5.41, 5.74) is -1.68. The summed E-state index contributed by atoms with van der Waals surface area (Å²) in [5, 5.41) is 23.1. The molecule has 12 heteroatoms. The summed E-state index contributed by atoms with van der Waals surface area (Å²) in [7, 11) is -3.75. The fourth-order valence-corrected chi connectivity index (χ4v) is 2.18. The second-order valence-corrected chi connectivity index (χ2v) is 6.06. The number of hydrogen-bond acceptors (Lipinski definition) is 9. The lowest BCUT2D eigenvalue weighted by Crippen LogP contribution is -2.39. The average molecular weight is 323 g/mol. The summed E-state index contributed by atoms with van der Waals surface area (Å²) in [6, 6.07) is 0. The van der Waals surface area contributed by atoms with Gasteiger partial charge in [-0.3, -0.25) is 14.0 Å². The maximum atomic E-state index is 11.5. The van der Waals surface area contributed by atoms with Crippen molar-refractivity contribution in [3.63, 3.8) is 0 Å². The van der Waals surface area contributed by atoms with Crippen LogP contribution >= 0.6 is 0 Å². The van der Waals surface area contributed by atoms with E-state index < -0.39 is 52.5 Å². The third-order valence-corrected chi connectivity index (χ3v) is 3.33. The Morgan fingerprint density at radius 1 is 1.43 bits per heavy atom. The fraction of sp³-hybridized carbons (Fsp3) is 0.667. The van der Waals surface area contributed by atoms with Gasteiger partial charge in [0.25, 0.3) is 15.7 Å². The molecule has 3 N–H and O–H groups in total. The highest BCUT2D eigenvalue weighted by atomic mass is 32.2. The Bertz CT molecular complexity index is 725. The number of aromatic amines is 1. The first-order valence-electron chi connectivity index (χ1n) is 5.73. The maximum Gasteiger partial charge on any atom is 0.347 e. The van der Waals surface area contributed by atoms with Crippen LogP contribution in [0.15, 0.2) is 15.8 Å². The molecule has 0 radical (unpaired) electrons. The van der Waals surface area contributed by atoms with Crippen LogP contribution in [0.5, 0.6) is 0 Å². The number of nitrogens with one attached hydrogen (secondary N) is 1. The largest absolute Gasteiger partial charge is 0.387 e. The molecule has 0 saturated carbocycles. The Morgan fingerprint density at radius 3 is 2.67 bits per heavy atom. The van der Waals surface area contributed by atoms with Crippen LogP contribution in [0.1, 0.15) is 6.23 Å². The molecular weight excluding hydrogens is 310 g/mol. The van der Waals surface area contributed by atoms with E-state index in [9.17, 15) is 28.2 Å². The molecule has 1 aromatic heterocycles. The molecular formula is C9H13N3O8S. The predicted molar refractivity (Wildman–Crippen MR) is 65.8 cm³/mol. The second kappa shape index (κ2) is 5.65.